The molecule has 1 heteroatoms. The summed E-state index contributed by atoms with van der Waals surface area (Å²) >= 11 is 0. The van der Waals surface area contributed by atoms with Gasteiger partial charge in [-0.2, -0.15) is 0 Å². The second-order valence-electron chi connectivity index (χ2n) is 8.24. The third-order valence-corrected chi connectivity index (χ3v) is 6.68. The lowest BCUT2D eigenvalue weighted by Crippen LogP contribution is -2.36. The SMILES string of the molecule is CC1CCCC(C2(c3cccc(F)c3)CCCCCC2)CCC1. The van der Waals surface area contributed by atoms with Crippen LogP contribution in [0.1, 0.15) is 89.5 Å². The van der Waals surface area contributed by atoms with Crippen molar-refractivity contribution < 1.29 is 4.39 Å². The van der Waals surface area contributed by atoms with Crippen LogP contribution in [0.15, 0.2) is 24.3 Å². The van der Waals surface area contributed by atoms with E-state index >= 15 is 0 Å². The van der Waals surface area contributed by atoms with Crippen LogP contribution < -0.4 is 0 Å². The summed E-state index contributed by atoms with van der Waals surface area (Å²) in [6, 6.07) is 7.61. The van der Waals surface area contributed by atoms with E-state index in [9.17, 15) is 4.39 Å². The molecule has 0 saturated heterocycles. The van der Waals surface area contributed by atoms with Gasteiger partial charge in [-0.25, -0.2) is 4.39 Å². The van der Waals surface area contributed by atoms with Crippen molar-refractivity contribution in [2.24, 2.45) is 11.8 Å². The molecule has 23 heavy (non-hydrogen) atoms. The minimum Gasteiger partial charge on any atom is -0.207 e. The fourth-order valence-electron chi connectivity index (χ4n) is 5.36. The molecule has 2 fully saturated rings. The standard InChI is InChI=1S/C22H33F/c1-18-9-6-11-19(12-7-10-18)22(15-4-2-3-5-16-22)20-13-8-14-21(23)17-20/h8,13-14,17-19H,2-7,9-12,15-16H2,1H3. The van der Waals surface area contributed by atoms with Gasteiger partial charge in [-0.1, -0.05) is 70.4 Å². The Hall–Kier alpha value is -0.850. The molecule has 0 amide bonds. The van der Waals surface area contributed by atoms with Gasteiger partial charge in [0.05, 0.1) is 0 Å². The van der Waals surface area contributed by atoms with E-state index in [0.29, 0.717) is 0 Å². The van der Waals surface area contributed by atoms with Crippen LogP contribution >= 0.6 is 0 Å². The van der Waals surface area contributed by atoms with Gasteiger partial charge >= 0.3 is 0 Å². The highest BCUT2D eigenvalue weighted by Crippen LogP contribution is 2.48. The first-order valence-electron chi connectivity index (χ1n) is 9.97. The molecule has 0 N–H and O–H groups in total. The van der Waals surface area contributed by atoms with Crippen molar-refractivity contribution in [3.8, 4) is 0 Å². The average molecular weight is 317 g/mol. The normalized spacial score (nSPS) is 29.3. The van der Waals surface area contributed by atoms with Crippen LogP contribution in [-0.2, 0) is 5.41 Å². The molecular formula is C22H33F. The number of rotatable bonds is 2. The predicted molar refractivity (Wildman–Crippen MR) is 96.1 cm³/mol. The van der Waals surface area contributed by atoms with Crippen LogP contribution in [0.4, 0.5) is 4.39 Å². The Morgan fingerprint density at radius 3 is 2.13 bits per heavy atom. The van der Waals surface area contributed by atoms with E-state index in [1.807, 2.05) is 12.1 Å². The van der Waals surface area contributed by atoms with Crippen molar-refractivity contribution in [2.45, 2.75) is 89.4 Å². The molecule has 0 unspecified atom stereocenters. The Bertz CT molecular complexity index is 475. The maximum Gasteiger partial charge on any atom is 0.123 e. The zero-order chi connectivity index (χ0) is 16.1. The molecule has 1 aromatic rings. The lowest BCUT2D eigenvalue weighted by Gasteiger charge is -2.43. The maximum absolute atomic E-state index is 14.0. The second-order valence-corrected chi connectivity index (χ2v) is 8.24. The average Bonchev–Trinajstić information content (AvgIpc) is 2.77. The minimum absolute atomic E-state index is 0.0504. The molecule has 0 aliphatic heterocycles. The van der Waals surface area contributed by atoms with Gasteiger partial charge in [0.2, 0.25) is 0 Å². The highest BCUT2D eigenvalue weighted by Gasteiger charge is 2.40. The van der Waals surface area contributed by atoms with Crippen molar-refractivity contribution in [3.63, 3.8) is 0 Å². The van der Waals surface area contributed by atoms with Crippen molar-refractivity contribution in [1.29, 1.82) is 0 Å². The third kappa shape index (κ3) is 3.98. The lowest BCUT2D eigenvalue weighted by atomic mass is 9.62. The van der Waals surface area contributed by atoms with Crippen LogP contribution in [0.3, 0.4) is 0 Å². The molecule has 2 aliphatic rings. The Morgan fingerprint density at radius 2 is 1.52 bits per heavy atom. The van der Waals surface area contributed by atoms with Gasteiger partial charge < -0.3 is 0 Å². The minimum atomic E-state index is -0.0504. The van der Waals surface area contributed by atoms with Crippen molar-refractivity contribution in [1.82, 2.24) is 0 Å². The number of hydrogen-bond acceptors (Lipinski definition) is 0. The van der Waals surface area contributed by atoms with Gasteiger partial charge in [0.1, 0.15) is 5.82 Å². The Kier molecular flexibility index (Phi) is 5.77. The molecule has 0 aromatic heterocycles. The predicted octanol–water partition coefficient (Wildman–Crippen LogP) is 7.02. The largest absolute Gasteiger partial charge is 0.207 e. The van der Waals surface area contributed by atoms with E-state index in [-0.39, 0.29) is 11.2 Å². The molecule has 2 saturated carbocycles. The smallest absolute Gasteiger partial charge is 0.123 e. The Balaban J connectivity index is 1.90. The zero-order valence-electron chi connectivity index (χ0n) is 14.8. The highest BCUT2D eigenvalue weighted by atomic mass is 19.1. The van der Waals surface area contributed by atoms with Crippen molar-refractivity contribution in [2.75, 3.05) is 0 Å². The Morgan fingerprint density at radius 1 is 0.870 bits per heavy atom. The highest BCUT2D eigenvalue weighted by molar-refractivity contribution is 5.28. The summed E-state index contributed by atoms with van der Waals surface area (Å²) in [5, 5.41) is 0. The molecule has 0 nitrogen and oxygen atoms in total. The lowest BCUT2D eigenvalue weighted by molar-refractivity contribution is 0.181. The number of benzene rings is 1. The summed E-state index contributed by atoms with van der Waals surface area (Å²) in [7, 11) is 0. The molecule has 0 spiro atoms. The van der Waals surface area contributed by atoms with Gasteiger partial charge in [-0.3, -0.25) is 0 Å². The fraction of sp³-hybridized carbons (Fsp3) is 0.727. The van der Waals surface area contributed by atoms with Gasteiger partial charge in [0.15, 0.2) is 0 Å². The van der Waals surface area contributed by atoms with Crippen LogP contribution in [0, 0.1) is 17.7 Å². The molecule has 128 valence electrons. The summed E-state index contributed by atoms with van der Waals surface area (Å²) < 4.78 is 14.0. The van der Waals surface area contributed by atoms with E-state index in [2.05, 4.69) is 13.0 Å². The molecule has 0 radical (unpaired) electrons. The van der Waals surface area contributed by atoms with Gasteiger partial charge in [0, 0.05) is 0 Å². The molecule has 1 aromatic carbocycles. The molecule has 2 aliphatic carbocycles. The van der Waals surface area contributed by atoms with Crippen LogP contribution in [0.5, 0.6) is 0 Å². The second kappa shape index (κ2) is 7.81. The summed E-state index contributed by atoms with van der Waals surface area (Å²) in [6.07, 6.45) is 16.1. The fourth-order valence-corrected chi connectivity index (χ4v) is 5.36. The van der Waals surface area contributed by atoms with Gasteiger partial charge in [-0.15, -0.1) is 0 Å². The summed E-state index contributed by atoms with van der Waals surface area (Å²) in [5.74, 6) is 1.61. The van der Waals surface area contributed by atoms with E-state index in [1.54, 1.807) is 6.07 Å². The first kappa shape index (κ1) is 17.0. The summed E-state index contributed by atoms with van der Waals surface area (Å²) in [6.45, 7) is 2.41. The monoisotopic (exact) mass is 316 g/mol. The molecule has 0 heterocycles. The topological polar surface area (TPSA) is 0 Å². The Labute approximate surface area is 141 Å². The molecular weight excluding hydrogens is 283 g/mol. The van der Waals surface area contributed by atoms with E-state index in [4.69, 9.17) is 0 Å². The van der Waals surface area contributed by atoms with Crippen LogP contribution in [0.2, 0.25) is 0 Å². The zero-order valence-corrected chi connectivity index (χ0v) is 14.8. The summed E-state index contributed by atoms with van der Waals surface area (Å²) in [4.78, 5) is 0. The molecule has 0 bridgehead atoms. The maximum atomic E-state index is 14.0. The third-order valence-electron chi connectivity index (χ3n) is 6.68. The summed E-state index contributed by atoms with van der Waals surface area (Å²) in [5.41, 5.74) is 1.55. The quantitative estimate of drug-likeness (QED) is 0.514. The first-order chi connectivity index (χ1) is 11.2. The van der Waals surface area contributed by atoms with Crippen LogP contribution in [0.25, 0.3) is 0 Å². The van der Waals surface area contributed by atoms with E-state index < -0.39 is 0 Å². The van der Waals surface area contributed by atoms with Crippen molar-refractivity contribution in [3.05, 3.63) is 35.6 Å². The molecule has 0 atom stereocenters. The first-order valence-corrected chi connectivity index (χ1v) is 9.97. The van der Waals surface area contributed by atoms with Crippen LogP contribution in [-0.4, -0.2) is 0 Å². The number of hydrogen-bond donors (Lipinski definition) is 0. The van der Waals surface area contributed by atoms with Crippen molar-refractivity contribution >= 4 is 0 Å². The van der Waals surface area contributed by atoms with Gasteiger partial charge in [-0.05, 0) is 60.6 Å². The van der Waals surface area contributed by atoms with Gasteiger partial charge in [0.25, 0.3) is 0 Å². The molecule has 3 rings (SSSR count). The number of halogens is 1. The van der Waals surface area contributed by atoms with E-state index in [1.165, 1.54) is 82.6 Å². The van der Waals surface area contributed by atoms with E-state index in [0.717, 1.165) is 11.8 Å².